The van der Waals surface area contributed by atoms with Crippen molar-refractivity contribution in [1.82, 2.24) is 0 Å². The predicted octanol–water partition coefficient (Wildman–Crippen LogP) is 2.36. The first kappa shape index (κ1) is 11.6. The van der Waals surface area contributed by atoms with Crippen LogP contribution >= 0.6 is 11.6 Å². The Hall–Kier alpha value is -0.930. The van der Waals surface area contributed by atoms with Gasteiger partial charge in [-0.1, -0.05) is 23.7 Å². The summed E-state index contributed by atoms with van der Waals surface area (Å²) in [5, 5.41) is 9.56. The number of Topliss-reactive ketones (excluding diaryl/α,β-unsaturated/α-hetero) is 1. The van der Waals surface area contributed by atoms with E-state index in [0.717, 1.165) is 12.8 Å². The van der Waals surface area contributed by atoms with Crippen LogP contribution in [0.2, 0.25) is 5.02 Å². The second kappa shape index (κ2) is 4.52. The van der Waals surface area contributed by atoms with E-state index in [1.54, 1.807) is 6.07 Å². The number of aliphatic hydroxyl groups excluding tert-OH is 1. The second-order valence-electron chi connectivity index (χ2n) is 4.14. The molecule has 0 radical (unpaired) electrons. The maximum absolute atomic E-state index is 13.1. The molecule has 1 aliphatic carbocycles. The van der Waals surface area contributed by atoms with Crippen LogP contribution in [-0.4, -0.2) is 17.0 Å². The molecule has 4 heteroatoms. The van der Waals surface area contributed by atoms with Crippen molar-refractivity contribution in [2.24, 2.45) is 5.92 Å². The molecule has 86 valence electrons. The molecular weight excluding hydrogens is 231 g/mol. The lowest BCUT2D eigenvalue weighted by atomic mass is 10.0. The summed E-state index contributed by atoms with van der Waals surface area (Å²) in [6.07, 6.45) is 0.862. The van der Waals surface area contributed by atoms with E-state index in [4.69, 9.17) is 11.6 Å². The fraction of sp³-hybridized carbons (Fsp3) is 0.417. The molecule has 1 aromatic carbocycles. The molecule has 1 unspecified atom stereocenters. The molecule has 2 nitrogen and oxygen atoms in total. The van der Waals surface area contributed by atoms with Crippen LogP contribution < -0.4 is 0 Å². The number of ketones is 1. The van der Waals surface area contributed by atoms with Crippen LogP contribution in [0.25, 0.3) is 0 Å². The van der Waals surface area contributed by atoms with Gasteiger partial charge >= 0.3 is 0 Å². The number of hydrogen-bond donors (Lipinski definition) is 1. The molecule has 1 aromatic rings. The Balaban J connectivity index is 2.08. The molecule has 2 rings (SSSR count). The van der Waals surface area contributed by atoms with Gasteiger partial charge in [0.15, 0.2) is 5.78 Å². The lowest BCUT2D eigenvalue weighted by Gasteiger charge is -2.09. The van der Waals surface area contributed by atoms with Gasteiger partial charge in [-0.05, 0) is 30.4 Å². The summed E-state index contributed by atoms with van der Waals surface area (Å²) in [7, 11) is 0. The van der Waals surface area contributed by atoms with Crippen LogP contribution in [0, 0.1) is 11.7 Å². The van der Waals surface area contributed by atoms with E-state index in [2.05, 4.69) is 0 Å². The number of hydrogen-bond acceptors (Lipinski definition) is 2. The molecule has 1 N–H and O–H groups in total. The number of benzene rings is 1. The van der Waals surface area contributed by atoms with Crippen molar-refractivity contribution in [3.63, 3.8) is 0 Å². The Labute approximate surface area is 98.0 Å². The molecule has 16 heavy (non-hydrogen) atoms. The predicted molar refractivity (Wildman–Crippen MR) is 58.9 cm³/mol. The molecule has 1 atom stereocenters. The van der Waals surface area contributed by atoms with Crippen LogP contribution in [0.4, 0.5) is 4.39 Å². The number of aliphatic hydroxyl groups is 1. The summed E-state index contributed by atoms with van der Waals surface area (Å²) in [6.45, 7) is 0. The fourth-order valence-corrected chi connectivity index (χ4v) is 1.84. The topological polar surface area (TPSA) is 37.3 Å². The summed E-state index contributed by atoms with van der Waals surface area (Å²) < 4.78 is 13.1. The van der Waals surface area contributed by atoms with E-state index < -0.39 is 11.9 Å². The van der Waals surface area contributed by atoms with E-state index in [9.17, 15) is 14.3 Å². The van der Waals surface area contributed by atoms with Crippen molar-refractivity contribution in [2.75, 3.05) is 0 Å². The first-order chi connectivity index (χ1) is 7.59. The standard InChI is InChI=1S/C12H12ClFO2/c13-11-8(2-1-3-9(11)14)6-10(15)12(16)7-4-5-7/h1-3,7,12,16H,4-6H2. The minimum absolute atomic E-state index is 0.00569. The highest BCUT2D eigenvalue weighted by atomic mass is 35.5. The molecule has 1 fully saturated rings. The third-order valence-corrected chi connectivity index (χ3v) is 3.22. The minimum atomic E-state index is -0.917. The summed E-state index contributed by atoms with van der Waals surface area (Å²) >= 11 is 5.73. The van der Waals surface area contributed by atoms with Crippen molar-refractivity contribution >= 4 is 17.4 Å². The normalized spacial score (nSPS) is 17.2. The number of carbonyl (C=O) groups excluding carboxylic acids is 1. The average molecular weight is 243 g/mol. The minimum Gasteiger partial charge on any atom is -0.385 e. The molecule has 0 spiro atoms. The molecule has 0 aliphatic heterocycles. The third kappa shape index (κ3) is 2.42. The molecular formula is C12H12ClFO2. The van der Waals surface area contributed by atoms with E-state index in [-0.39, 0.29) is 23.1 Å². The van der Waals surface area contributed by atoms with Crippen LogP contribution in [0.1, 0.15) is 18.4 Å². The Morgan fingerprint density at radius 1 is 1.56 bits per heavy atom. The SMILES string of the molecule is O=C(Cc1cccc(F)c1Cl)C(O)C1CC1. The molecule has 0 heterocycles. The van der Waals surface area contributed by atoms with Gasteiger partial charge in [-0.3, -0.25) is 4.79 Å². The Morgan fingerprint density at radius 3 is 2.88 bits per heavy atom. The van der Waals surface area contributed by atoms with E-state index in [1.165, 1.54) is 12.1 Å². The van der Waals surface area contributed by atoms with E-state index in [0.29, 0.717) is 5.56 Å². The van der Waals surface area contributed by atoms with Crippen molar-refractivity contribution in [3.8, 4) is 0 Å². The van der Waals surface area contributed by atoms with Crippen LogP contribution in [-0.2, 0) is 11.2 Å². The van der Waals surface area contributed by atoms with Crippen molar-refractivity contribution in [3.05, 3.63) is 34.6 Å². The van der Waals surface area contributed by atoms with Crippen LogP contribution in [0.5, 0.6) is 0 Å². The summed E-state index contributed by atoms with van der Waals surface area (Å²) in [5.74, 6) is -0.720. The zero-order chi connectivity index (χ0) is 11.7. The average Bonchev–Trinajstić information content (AvgIpc) is 3.07. The number of halogens is 2. The Bertz CT molecular complexity index is 415. The zero-order valence-electron chi connectivity index (χ0n) is 8.62. The van der Waals surface area contributed by atoms with Gasteiger partial charge in [0, 0.05) is 6.42 Å². The highest BCUT2D eigenvalue weighted by Crippen LogP contribution is 2.33. The fourth-order valence-electron chi connectivity index (χ4n) is 1.65. The van der Waals surface area contributed by atoms with Crippen LogP contribution in [0.15, 0.2) is 18.2 Å². The first-order valence-corrected chi connectivity index (χ1v) is 5.61. The molecule has 0 saturated heterocycles. The van der Waals surface area contributed by atoms with Crippen molar-refractivity contribution in [1.29, 1.82) is 0 Å². The van der Waals surface area contributed by atoms with Gasteiger partial charge in [-0.15, -0.1) is 0 Å². The van der Waals surface area contributed by atoms with Crippen molar-refractivity contribution < 1.29 is 14.3 Å². The maximum atomic E-state index is 13.1. The highest BCUT2D eigenvalue weighted by Gasteiger charge is 2.34. The largest absolute Gasteiger partial charge is 0.385 e. The summed E-state index contributed by atoms with van der Waals surface area (Å²) in [5.41, 5.74) is 0.436. The van der Waals surface area contributed by atoms with Gasteiger partial charge in [0.2, 0.25) is 0 Å². The van der Waals surface area contributed by atoms with E-state index >= 15 is 0 Å². The molecule has 0 bridgehead atoms. The van der Waals surface area contributed by atoms with Gasteiger partial charge in [-0.2, -0.15) is 0 Å². The monoisotopic (exact) mass is 242 g/mol. The number of rotatable bonds is 4. The van der Waals surface area contributed by atoms with Crippen molar-refractivity contribution in [2.45, 2.75) is 25.4 Å². The Kier molecular flexibility index (Phi) is 3.26. The van der Waals surface area contributed by atoms with Gasteiger partial charge in [-0.25, -0.2) is 4.39 Å². The zero-order valence-corrected chi connectivity index (χ0v) is 9.38. The highest BCUT2D eigenvalue weighted by molar-refractivity contribution is 6.31. The smallest absolute Gasteiger partial charge is 0.165 e. The second-order valence-corrected chi connectivity index (χ2v) is 4.52. The number of carbonyl (C=O) groups is 1. The molecule has 0 amide bonds. The third-order valence-electron chi connectivity index (χ3n) is 2.79. The molecule has 0 aromatic heterocycles. The summed E-state index contributed by atoms with van der Waals surface area (Å²) in [6, 6.07) is 4.35. The molecule has 1 aliphatic rings. The lowest BCUT2D eigenvalue weighted by Crippen LogP contribution is -2.24. The van der Waals surface area contributed by atoms with Gasteiger partial charge in [0.25, 0.3) is 0 Å². The van der Waals surface area contributed by atoms with Crippen LogP contribution in [0.3, 0.4) is 0 Å². The first-order valence-electron chi connectivity index (χ1n) is 5.23. The Morgan fingerprint density at radius 2 is 2.25 bits per heavy atom. The molecule has 1 saturated carbocycles. The summed E-state index contributed by atoms with van der Waals surface area (Å²) in [4.78, 5) is 11.6. The lowest BCUT2D eigenvalue weighted by molar-refractivity contribution is -0.127. The maximum Gasteiger partial charge on any atom is 0.165 e. The van der Waals surface area contributed by atoms with Gasteiger partial charge < -0.3 is 5.11 Å². The quantitative estimate of drug-likeness (QED) is 0.880. The van der Waals surface area contributed by atoms with E-state index in [1.807, 2.05) is 0 Å². The van der Waals surface area contributed by atoms with Gasteiger partial charge in [0.1, 0.15) is 11.9 Å². The van der Waals surface area contributed by atoms with Gasteiger partial charge in [0.05, 0.1) is 5.02 Å².